The molecular weight excluding hydrogens is 246 g/mol. The van der Waals surface area contributed by atoms with Crippen LogP contribution in [-0.2, 0) is 4.79 Å². The molecule has 19 heavy (non-hydrogen) atoms. The molecule has 1 amide bonds. The van der Waals surface area contributed by atoms with Gasteiger partial charge in [0.25, 0.3) is 0 Å². The van der Waals surface area contributed by atoms with Crippen molar-refractivity contribution in [1.82, 2.24) is 0 Å². The van der Waals surface area contributed by atoms with Crippen LogP contribution in [0.4, 0.5) is 11.4 Å². The predicted octanol–water partition coefficient (Wildman–Crippen LogP) is 0.915. The van der Waals surface area contributed by atoms with Gasteiger partial charge in [0.15, 0.2) is 0 Å². The maximum atomic E-state index is 11.1. The molecule has 0 aromatic heterocycles. The van der Waals surface area contributed by atoms with E-state index in [1.54, 1.807) is 11.0 Å². The minimum absolute atomic E-state index is 0.0238. The van der Waals surface area contributed by atoms with Crippen LogP contribution >= 0.6 is 0 Å². The maximum absolute atomic E-state index is 11.1. The van der Waals surface area contributed by atoms with Gasteiger partial charge < -0.3 is 21.5 Å². The molecule has 0 unspecified atom stereocenters. The summed E-state index contributed by atoms with van der Waals surface area (Å²) in [6, 6.07) is 4.67. The third-order valence-electron chi connectivity index (χ3n) is 2.56. The average molecular weight is 265 g/mol. The van der Waals surface area contributed by atoms with Crippen LogP contribution in [0.1, 0.15) is 24.2 Å². The molecule has 0 saturated heterocycles. The first-order chi connectivity index (χ1) is 8.81. The number of hydrogen-bond donors (Lipinski definition) is 3. The van der Waals surface area contributed by atoms with Gasteiger partial charge in [-0.1, -0.05) is 13.8 Å². The van der Waals surface area contributed by atoms with Gasteiger partial charge in [-0.15, -0.1) is 0 Å². The highest BCUT2D eigenvalue weighted by Crippen LogP contribution is 2.22. The number of anilines is 2. The van der Waals surface area contributed by atoms with Crippen molar-refractivity contribution in [3.8, 4) is 0 Å². The van der Waals surface area contributed by atoms with Crippen LogP contribution in [0, 0.1) is 5.92 Å². The highest BCUT2D eigenvalue weighted by Gasteiger charge is 2.15. The topological polar surface area (TPSA) is 110 Å². The molecule has 1 aromatic carbocycles. The van der Waals surface area contributed by atoms with Crippen molar-refractivity contribution in [2.45, 2.75) is 13.8 Å². The zero-order chi connectivity index (χ0) is 14.6. The molecule has 0 spiro atoms. The van der Waals surface area contributed by atoms with Crippen molar-refractivity contribution in [3.63, 3.8) is 0 Å². The Bertz CT molecular complexity index is 486. The molecule has 6 nitrogen and oxygen atoms in total. The van der Waals surface area contributed by atoms with Crippen molar-refractivity contribution in [1.29, 1.82) is 0 Å². The van der Waals surface area contributed by atoms with Crippen molar-refractivity contribution in [3.05, 3.63) is 23.8 Å². The molecule has 0 radical (unpaired) electrons. The van der Waals surface area contributed by atoms with E-state index in [9.17, 15) is 9.59 Å². The van der Waals surface area contributed by atoms with E-state index in [0.29, 0.717) is 18.2 Å². The lowest BCUT2D eigenvalue weighted by Gasteiger charge is -2.25. The van der Waals surface area contributed by atoms with Crippen molar-refractivity contribution < 1.29 is 14.7 Å². The molecule has 0 saturated carbocycles. The Labute approximate surface area is 112 Å². The highest BCUT2D eigenvalue weighted by atomic mass is 16.4. The lowest BCUT2D eigenvalue weighted by molar-refractivity contribution is -0.116. The molecular formula is C13H19N3O3. The van der Waals surface area contributed by atoms with Gasteiger partial charge in [0.1, 0.15) is 0 Å². The second-order valence-electron chi connectivity index (χ2n) is 4.82. The highest BCUT2D eigenvalue weighted by molar-refractivity contribution is 5.95. The number of carbonyl (C=O) groups excluding carboxylic acids is 1. The summed E-state index contributed by atoms with van der Waals surface area (Å²) in [7, 11) is 0. The number of hydrogen-bond acceptors (Lipinski definition) is 4. The largest absolute Gasteiger partial charge is 0.478 e. The second-order valence-corrected chi connectivity index (χ2v) is 4.82. The zero-order valence-electron chi connectivity index (χ0n) is 11.1. The molecule has 0 aliphatic heterocycles. The Kier molecular flexibility index (Phi) is 4.74. The van der Waals surface area contributed by atoms with E-state index < -0.39 is 11.9 Å². The molecule has 0 fully saturated rings. The predicted molar refractivity (Wildman–Crippen MR) is 74.1 cm³/mol. The van der Waals surface area contributed by atoms with E-state index >= 15 is 0 Å². The van der Waals surface area contributed by atoms with Gasteiger partial charge in [-0.25, -0.2) is 4.79 Å². The van der Waals surface area contributed by atoms with Gasteiger partial charge in [-0.05, 0) is 24.1 Å². The van der Waals surface area contributed by atoms with Crippen LogP contribution in [-0.4, -0.2) is 30.1 Å². The van der Waals surface area contributed by atoms with Gasteiger partial charge in [-0.2, -0.15) is 0 Å². The number of rotatable bonds is 6. The number of carbonyl (C=O) groups is 2. The van der Waals surface area contributed by atoms with Gasteiger partial charge in [0.05, 0.1) is 12.1 Å². The fraction of sp³-hybridized carbons (Fsp3) is 0.385. The first kappa shape index (κ1) is 14.8. The van der Waals surface area contributed by atoms with E-state index in [1.165, 1.54) is 12.1 Å². The molecule has 104 valence electrons. The number of nitrogen functional groups attached to an aromatic ring is 1. The Morgan fingerprint density at radius 1 is 1.37 bits per heavy atom. The number of primary amides is 1. The first-order valence-electron chi connectivity index (χ1n) is 5.97. The van der Waals surface area contributed by atoms with Crippen LogP contribution < -0.4 is 16.4 Å². The third kappa shape index (κ3) is 4.17. The lowest BCUT2D eigenvalue weighted by atomic mass is 10.1. The molecule has 1 rings (SSSR count). The Hall–Kier alpha value is -2.24. The molecule has 6 heteroatoms. The summed E-state index contributed by atoms with van der Waals surface area (Å²) in [5, 5.41) is 9.05. The van der Waals surface area contributed by atoms with E-state index in [0.717, 1.165) is 0 Å². The standard InChI is InChI=1S/C13H19N3O3/c1-8(2)6-16(7-12(15)17)9-3-4-11(14)10(5-9)13(18)19/h3-5,8H,6-7,14H2,1-2H3,(H2,15,17)(H,18,19). The van der Waals surface area contributed by atoms with E-state index in [1.807, 2.05) is 13.8 Å². The van der Waals surface area contributed by atoms with Crippen LogP contribution in [0.15, 0.2) is 18.2 Å². The van der Waals surface area contributed by atoms with Gasteiger partial charge in [0, 0.05) is 17.9 Å². The number of benzene rings is 1. The van der Waals surface area contributed by atoms with Crippen LogP contribution in [0.2, 0.25) is 0 Å². The Balaban J connectivity index is 3.11. The first-order valence-corrected chi connectivity index (χ1v) is 5.97. The maximum Gasteiger partial charge on any atom is 0.337 e. The summed E-state index contributed by atoms with van der Waals surface area (Å²) in [5.74, 6) is -1.25. The number of nitrogens with zero attached hydrogens (tertiary/aromatic N) is 1. The van der Waals surface area contributed by atoms with E-state index in [-0.39, 0.29) is 17.8 Å². The minimum atomic E-state index is -1.09. The lowest BCUT2D eigenvalue weighted by Crippen LogP contribution is -2.36. The fourth-order valence-electron chi connectivity index (χ4n) is 1.82. The Morgan fingerprint density at radius 3 is 2.47 bits per heavy atom. The van der Waals surface area contributed by atoms with Gasteiger partial charge in [-0.3, -0.25) is 4.79 Å². The van der Waals surface area contributed by atoms with Crippen molar-refractivity contribution >= 4 is 23.3 Å². The van der Waals surface area contributed by atoms with E-state index in [2.05, 4.69) is 0 Å². The Morgan fingerprint density at radius 2 is 2.00 bits per heavy atom. The molecule has 0 aliphatic rings. The number of nitrogens with two attached hydrogens (primary N) is 2. The summed E-state index contributed by atoms with van der Waals surface area (Å²) >= 11 is 0. The van der Waals surface area contributed by atoms with E-state index in [4.69, 9.17) is 16.6 Å². The van der Waals surface area contributed by atoms with Gasteiger partial charge in [0.2, 0.25) is 5.91 Å². The quantitative estimate of drug-likeness (QED) is 0.662. The molecule has 5 N–H and O–H groups in total. The molecule has 0 heterocycles. The normalized spacial score (nSPS) is 10.5. The summed E-state index contributed by atoms with van der Waals surface area (Å²) in [4.78, 5) is 23.9. The van der Waals surface area contributed by atoms with Crippen molar-refractivity contribution in [2.24, 2.45) is 11.7 Å². The summed E-state index contributed by atoms with van der Waals surface area (Å²) < 4.78 is 0. The smallest absolute Gasteiger partial charge is 0.337 e. The summed E-state index contributed by atoms with van der Waals surface area (Å²) in [6.07, 6.45) is 0. The molecule has 0 aliphatic carbocycles. The number of amides is 1. The average Bonchev–Trinajstić information content (AvgIpc) is 2.27. The number of carboxylic acids is 1. The van der Waals surface area contributed by atoms with Crippen LogP contribution in [0.3, 0.4) is 0 Å². The zero-order valence-corrected chi connectivity index (χ0v) is 11.1. The third-order valence-corrected chi connectivity index (χ3v) is 2.56. The molecule has 0 atom stereocenters. The van der Waals surface area contributed by atoms with Crippen LogP contribution in [0.25, 0.3) is 0 Å². The SMILES string of the molecule is CC(C)CN(CC(N)=O)c1ccc(N)c(C(=O)O)c1. The number of aromatic carboxylic acids is 1. The number of carboxylic acid groups (broad SMARTS) is 1. The summed E-state index contributed by atoms with van der Waals surface area (Å²) in [6.45, 7) is 4.65. The fourth-order valence-corrected chi connectivity index (χ4v) is 1.82. The van der Waals surface area contributed by atoms with Crippen molar-refractivity contribution in [2.75, 3.05) is 23.7 Å². The van der Waals surface area contributed by atoms with Gasteiger partial charge >= 0.3 is 5.97 Å². The van der Waals surface area contributed by atoms with Crippen LogP contribution in [0.5, 0.6) is 0 Å². The monoisotopic (exact) mass is 265 g/mol. The molecule has 0 bridgehead atoms. The minimum Gasteiger partial charge on any atom is -0.478 e. The summed E-state index contributed by atoms with van der Waals surface area (Å²) in [5.41, 5.74) is 11.7. The molecule has 1 aromatic rings. The second kappa shape index (κ2) is 6.08.